The van der Waals surface area contributed by atoms with Gasteiger partial charge >= 0.3 is 0 Å². The second-order valence-electron chi connectivity index (χ2n) is 4.82. The molecule has 0 unspecified atom stereocenters. The fourth-order valence-electron chi connectivity index (χ4n) is 1.97. The molecule has 0 spiro atoms. The third-order valence-corrected chi connectivity index (χ3v) is 3.18. The number of benzene rings is 1. The smallest absolute Gasteiger partial charge is 0.226 e. The Balaban J connectivity index is 1.93. The molecule has 110 valence electrons. The summed E-state index contributed by atoms with van der Waals surface area (Å²) in [7, 11) is 1.62. The quantitative estimate of drug-likeness (QED) is 0.882. The van der Waals surface area contributed by atoms with Gasteiger partial charge in [0.15, 0.2) is 0 Å². The zero-order valence-corrected chi connectivity index (χ0v) is 12.2. The number of aromatic nitrogens is 1. The van der Waals surface area contributed by atoms with Gasteiger partial charge in [0.2, 0.25) is 5.91 Å². The minimum atomic E-state index is -0.0735. The molecular weight excluding hydrogens is 266 g/mol. The number of carbonyl (C=O) groups excluding carboxylic acids is 1. The molecule has 1 heterocycles. The number of nitrogens with two attached hydrogens (primary N) is 1. The second-order valence-corrected chi connectivity index (χ2v) is 4.82. The number of rotatable bonds is 5. The second kappa shape index (κ2) is 6.74. The van der Waals surface area contributed by atoms with Crippen molar-refractivity contribution in [3.05, 3.63) is 53.9 Å². The van der Waals surface area contributed by atoms with Crippen molar-refractivity contribution in [3.8, 4) is 5.75 Å². The minimum Gasteiger partial charge on any atom is -0.497 e. The molecule has 2 aromatic rings. The summed E-state index contributed by atoms with van der Waals surface area (Å²) >= 11 is 0. The number of nitrogens with one attached hydrogen (secondary N) is 1. The third kappa shape index (κ3) is 4.21. The van der Waals surface area contributed by atoms with Crippen LogP contribution in [-0.4, -0.2) is 18.0 Å². The number of methoxy groups -OCH3 is 1. The Bertz CT molecular complexity index is 594. The molecule has 0 aliphatic rings. The number of nitrogens with zero attached hydrogens (tertiary/aromatic N) is 1. The normalized spacial score (nSPS) is 11.7. The van der Waals surface area contributed by atoms with Crippen LogP contribution in [0.5, 0.6) is 5.75 Å². The predicted octanol–water partition coefficient (Wildman–Crippen LogP) is 2.09. The number of amides is 1. The van der Waals surface area contributed by atoms with E-state index in [1.165, 1.54) is 0 Å². The molecule has 1 amide bonds. The number of hydrogen-bond acceptors (Lipinski definition) is 4. The van der Waals surface area contributed by atoms with Crippen molar-refractivity contribution in [2.45, 2.75) is 19.4 Å². The molecule has 1 atom stereocenters. The number of carbonyl (C=O) groups is 1. The highest BCUT2D eigenvalue weighted by Crippen LogP contribution is 2.17. The summed E-state index contributed by atoms with van der Waals surface area (Å²) in [6, 6.07) is 11.0. The van der Waals surface area contributed by atoms with Gasteiger partial charge in [0, 0.05) is 5.69 Å². The van der Waals surface area contributed by atoms with Crippen molar-refractivity contribution in [2.24, 2.45) is 0 Å². The van der Waals surface area contributed by atoms with Crippen LogP contribution >= 0.6 is 0 Å². The van der Waals surface area contributed by atoms with E-state index >= 15 is 0 Å². The molecule has 5 heteroatoms. The summed E-state index contributed by atoms with van der Waals surface area (Å²) in [6.07, 6.45) is 1.79. The van der Waals surface area contributed by atoms with Gasteiger partial charge in [-0.2, -0.15) is 0 Å². The van der Waals surface area contributed by atoms with Crippen molar-refractivity contribution >= 4 is 11.6 Å². The fourth-order valence-corrected chi connectivity index (χ4v) is 1.97. The van der Waals surface area contributed by atoms with Gasteiger partial charge in [-0.05, 0) is 36.8 Å². The average Bonchev–Trinajstić information content (AvgIpc) is 2.49. The number of anilines is 1. The summed E-state index contributed by atoms with van der Waals surface area (Å²) in [5, 5.41) is 2.95. The summed E-state index contributed by atoms with van der Waals surface area (Å²) in [4.78, 5) is 16.1. The minimum absolute atomic E-state index is 0.0720. The molecule has 0 radical (unpaired) electrons. The zero-order valence-electron chi connectivity index (χ0n) is 12.2. The van der Waals surface area contributed by atoms with E-state index in [4.69, 9.17) is 10.5 Å². The van der Waals surface area contributed by atoms with Gasteiger partial charge in [-0.15, -0.1) is 0 Å². The Morgan fingerprint density at radius 3 is 2.57 bits per heavy atom. The molecule has 2 rings (SSSR count). The molecule has 0 saturated carbocycles. The molecule has 0 bridgehead atoms. The lowest BCUT2D eigenvalue weighted by Crippen LogP contribution is -2.28. The van der Waals surface area contributed by atoms with Gasteiger partial charge in [-0.1, -0.05) is 12.1 Å². The van der Waals surface area contributed by atoms with E-state index in [0.717, 1.165) is 11.3 Å². The molecule has 5 nitrogen and oxygen atoms in total. The highest BCUT2D eigenvalue weighted by atomic mass is 16.5. The highest BCUT2D eigenvalue weighted by molar-refractivity contribution is 5.78. The van der Waals surface area contributed by atoms with Gasteiger partial charge in [0.25, 0.3) is 0 Å². The largest absolute Gasteiger partial charge is 0.497 e. The lowest BCUT2D eigenvalue weighted by Gasteiger charge is -2.14. The van der Waals surface area contributed by atoms with E-state index in [2.05, 4.69) is 10.3 Å². The first-order valence-corrected chi connectivity index (χ1v) is 6.72. The van der Waals surface area contributed by atoms with Gasteiger partial charge < -0.3 is 15.8 Å². The molecule has 21 heavy (non-hydrogen) atoms. The lowest BCUT2D eigenvalue weighted by molar-refractivity contribution is -0.121. The van der Waals surface area contributed by atoms with Crippen LogP contribution in [0.15, 0.2) is 42.6 Å². The van der Waals surface area contributed by atoms with Crippen LogP contribution in [0.4, 0.5) is 5.69 Å². The van der Waals surface area contributed by atoms with Gasteiger partial charge in [-0.3, -0.25) is 9.78 Å². The van der Waals surface area contributed by atoms with Crippen LogP contribution < -0.4 is 15.8 Å². The lowest BCUT2D eigenvalue weighted by atomic mass is 10.1. The van der Waals surface area contributed by atoms with Crippen LogP contribution in [0.1, 0.15) is 24.2 Å². The number of pyridine rings is 1. The Morgan fingerprint density at radius 2 is 2.00 bits per heavy atom. The van der Waals surface area contributed by atoms with Crippen LogP contribution in [0.25, 0.3) is 0 Å². The van der Waals surface area contributed by atoms with E-state index in [1.807, 2.05) is 31.2 Å². The summed E-state index contributed by atoms with van der Waals surface area (Å²) in [5.74, 6) is 0.721. The van der Waals surface area contributed by atoms with Crippen molar-refractivity contribution in [1.82, 2.24) is 10.3 Å². The first-order valence-electron chi connectivity index (χ1n) is 6.72. The Labute approximate surface area is 124 Å². The Kier molecular flexibility index (Phi) is 4.77. The van der Waals surface area contributed by atoms with Crippen molar-refractivity contribution < 1.29 is 9.53 Å². The molecule has 1 aromatic heterocycles. The molecule has 1 aromatic carbocycles. The number of ether oxygens (including phenoxy) is 1. The van der Waals surface area contributed by atoms with Gasteiger partial charge in [0.05, 0.1) is 31.5 Å². The van der Waals surface area contributed by atoms with Gasteiger partial charge in [0.1, 0.15) is 5.75 Å². The maximum absolute atomic E-state index is 12.0. The summed E-state index contributed by atoms with van der Waals surface area (Å²) < 4.78 is 5.11. The van der Waals surface area contributed by atoms with Crippen LogP contribution in [-0.2, 0) is 11.2 Å². The number of hydrogen-bond donors (Lipinski definition) is 2. The van der Waals surface area contributed by atoms with Crippen LogP contribution in [0.2, 0.25) is 0 Å². The standard InChI is InChI=1S/C16H19N3O2/c1-11(12-3-7-15(21-2)8-4-12)19-16(20)9-14-6-5-13(17)10-18-14/h3-8,10-11H,9,17H2,1-2H3,(H,19,20)/t11-/m0/s1. The first-order chi connectivity index (χ1) is 10.1. The molecule has 0 aliphatic heterocycles. The van der Waals surface area contributed by atoms with Crippen molar-refractivity contribution in [1.29, 1.82) is 0 Å². The summed E-state index contributed by atoms with van der Waals surface area (Å²) in [6.45, 7) is 1.94. The topological polar surface area (TPSA) is 77.2 Å². The maximum Gasteiger partial charge on any atom is 0.226 e. The van der Waals surface area contributed by atoms with E-state index in [-0.39, 0.29) is 18.4 Å². The van der Waals surface area contributed by atoms with Gasteiger partial charge in [-0.25, -0.2) is 0 Å². The van der Waals surface area contributed by atoms with E-state index < -0.39 is 0 Å². The predicted molar refractivity (Wildman–Crippen MR) is 81.9 cm³/mol. The number of nitrogen functional groups attached to an aromatic ring is 1. The molecular formula is C16H19N3O2. The molecule has 0 aliphatic carbocycles. The monoisotopic (exact) mass is 285 g/mol. The Morgan fingerprint density at radius 1 is 1.29 bits per heavy atom. The molecule has 0 fully saturated rings. The first kappa shape index (κ1) is 14.8. The van der Waals surface area contributed by atoms with E-state index in [1.54, 1.807) is 25.4 Å². The summed E-state index contributed by atoms with van der Waals surface area (Å²) in [5.41, 5.74) is 7.87. The highest BCUT2D eigenvalue weighted by Gasteiger charge is 2.10. The average molecular weight is 285 g/mol. The van der Waals surface area contributed by atoms with E-state index in [9.17, 15) is 4.79 Å². The van der Waals surface area contributed by atoms with Crippen LogP contribution in [0.3, 0.4) is 0 Å². The zero-order chi connectivity index (χ0) is 15.2. The SMILES string of the molecule is COc1ccc([C@H](C)NC(=O)Cc2ccc(N)cn2)cc1. The van der Waals surface area contributed by atoms with E-state index in [0.29, 0.717) is 11.4 Å². The third-order valence-electron chi connectivity index (χ3n) is 3.18. The Hall–Kier alpha value is -2.56. The molecule has 0 saturated heterocycles. The van der Waals surface area contributed by atoms with Crippen LogP contribution in [0, 0.1) is 0 Å². The maximum atomic E-state index is 12.0. The van der Waals surface area contributed by atoms with Crippen molar-refractivity contribution in [3.63, 3.8) is 0 Å². The van der Waals surface area contributed by atoms with Crippen molar-refractivity contribution in [2.75, 3.05) is 12.8 Å². The molecule has 3 N–H and O–H groups in total. The fraction of sp³-hybridized carbons (Fsp3) is 0.250.